The number of benzene rings is 1. The van der Waals surface area contributed by atoms with Gasteiger partial charge >= 0.3 is 6.03 Å². The molecule has 0 bridgehead atoms. The van der Waals surface area contributed by atoms with Gasteiger partial charge in [-0.25, -0.2) is 4.79 Å². The van der Waals surface area contributed by atoms with Crippen molar-refractivity contribution in [3.05, 3.63) is 53.3 Å². The summed E-state index contributed by atoms with van der Waals surface area (Å²) >= 11 is 0. The SMILES string of the molecule is Cn1cc(C2CN(C(=O)NC3CCCCCC3)Cc3ccccc32)cn1. The summed E-state index contributed by atoms with van der Waals surface area (Å²) in [5.74, 6) is 0.188. The van der Waals surface area contributed by atoms with E-state index in [1.54, 1.807) is 0 Å². The van der Waals surface area contributed by atoms with E-state index < -0.39 is 0 Å². The quantitative estimate of drug-likeness (QED) is 0.836. The predicted octanol–water partition coefficient (Wildman–Crippen LogP) is 3.80. The van der Waals surface area contributed by atoms with Crippen molar-refractivity contribution in [1.82, 2.24) is 20.0 Å². The largest absolute Gasteiger partial charge is 0.335 e. The monoisotopic (exact) mass is 352 g/mol. The topological polar surface area (TPSA) is 50.2 Å². The molecule has 0 radical (unpaired) electrons. The molecule has 1 aromatic carbocycles. The van der Waals surface area contributed by atoms with Gasteiger partial charge in [-0.2, -0.15) is 5.10 Å². The zero-order valence-electron chi connectivity index (χ0n) is 15.5. The molecule has 5 heteroatoms. The van der Waals surface area contributed by atoms with Crippen LogP contribution in [0.15, 0.2) is 36.7 Å². The number of aryl methyl sites for hydroxylation is 1. The Labute approximate surface area is 155 Å². The van der Waals surface area contributed by atoms with Crippen LogP contribution in [0, 0.1) is 0 Å². The van der Waals surface area contributed by atoms with Crippen LogP contribution in [0.1, 0.15) is 61.1 Å². The molecule has 1 N–H and O–H groups in total. The van der Waals surface area contributed by atoms with Crippen LogP contribution in [0.3, 0.4) is 0 Å². The van der Waals surface area contributed by atoms with E-state index in [1.807, 2.05) is 22.8 Å². The van der Waals surface area contributed by atoms with Gasteiger partial charge in [0.1, 0.15) is 0 Å². The highest BCUT2D eigenvalue weighted by Gasteiger charge is 2.30. The Morgan fingerprint density at radius 2 is 1.92 bits per heavy atom. The lowest BCUT2D eigenvalue weighted by Crippen LogP contribution is -2.47. The highest BCUT2D eigenvalue weighted by Crippen LogP contribution is 2.33. The second kappa shape index (κ2) is 7.52. The van der Waals surface area contributed by atoms with Gasteiger partial charge in [0.25, 0.3) is 0 Å². The molecule has 2 amide bonds. The summed E-state index contributed by atoms with van der Waals surface area (Å²) in [4.78, 5) is 14.9. The third kappa shape index (κ3) is 3.62. The Morgan fingerprint density at radius 3 is 2.65 bits per heavy atom. The lowest BCUT2D eigenvalue weighted by atomic mass is 9.86. The zero-order valence-corrected chi connectivity index (χ0v) is 15.5. The van der Waals surface area contributed by atoms with E-state index in [-0.39, 0.29) is 11.9 Å². The van der Waals surface area contributed by atoms with Gasteiger partial charge in [0, 0.05) is 38.3 Å². The van der Waals surface area contributed by atoms with E-state index in [1.165, 1.54) is 42.4 Å². The first-order valence-corrected chi connectivity index (χ1v) is 9.82. The number of amides is 2. The van der Waals surface area contributed by atoms with Crippen LogP contribution in [0.25, 0.3) is 0 Å². The summed E-state index contributed by atoms with van der Waals surface area (Å²) in [5, 5.41) is 7.64. The molecule has 1 aromatic heterocycles. The number of aromatic nitrogens is 2. The van der Waals surface area contributed by atoms with Crippen LogP contribution in [-0.4, -0.2) is 33.3 Å². The number of rotatable bonds is 2. The molecule has 2 aliphatic rings. The van der Waals surface area contributed by atoms with Gasteiger partial charge in [0.15, 0.2) is 0 Å². The zero-order chi connectivity index (χ0) is 17.9. The minimum absolute atomic E-state index is 0.0836. The molecular weight excluding hydrogens is 324 g/mol. The standard InChI is InChI=1S/C21H28N4O/c1-24-13-17(12-22-24)20-15-25(14-16-8-6-7-11-19(16)20)21(26)23-18-9-4-2-3-5-10-18/h6-8,11-13,18,20H,2-5,9-10,14-15H2,1H3,(H,23,26). The highest BCUT2D eigenvalue weighted by molar-refractivity contribution is 5.75. The first-order chi connectivity index (χ1) is 12.7. The normalized spacial score (nSPS) is 21.1. The van der Waals surface area contributed by atoms with Gasteiger partial charge in [0.2, 0.25) is 0 Å². The molecule has 5 nitrogen and oxygen atoms in total. The minimum atomic E-state index is 0.0836. The van der Waals surface area contributed by atoms with Crippen LogP contribution >= 0.6 is 0 Å². The Bertz CT molecular complexity index is 761. The molecule has 1 fully saturated rings. The first kappa shape index (κ1) is 17.1. The van der Waals surface area contributed by atoms with E-state index in [2.05, 4.69) is 40.9 Å². The summed E-state index contributed by atoms with van der Waals surface area (Å²) in [6, 6.07) is 8.89. The highest BCUT2D eigenvalue weighted by atomic mass is 16.2. The molecule has 1 aliphatic heterocycles. The molecule has 4 rings (SSSR count). The Balaban J connectivity index is 1.53. The molecule has 26 heavy (non-hydrogen) atoms. The van der Waals surface area contributed by atoms with E-state index in [0.29, 0.717) is 19.1 Å². The second-order valence-electron chi connectivity index (χ2n) is 7.72. The Kier molecular flexibility index (Phi) is 4.96. The van der Waals surface area contributed by atoms with E-state index >= 15 is 0 Å². The number of carbonyl (C=O) groups is 1. The molecule has 2 aromatic rings. The number of nitrogens with zero attached hydrogens (tertiary/aromatic N) is 3. The predicted molar refractivity (Wildman–Crippen MR) is 102 cm³/mol. The molecule has 1 aliphatic carbocycles. The smallest absolute Gasteiger partial charge is 0.317 e. The van der Waals surface area contributed by atoms with Crippen molar-refractivity contribution in [2.24, 2.45) is 7.05 Å². The Morgan fingerprint density at radius 1 is 1.15 bits per heavy atom. The summed E-state index contributed by atoms with van der Waals surface area (Å²) in [6.45, 7) is 1.40. The summed E-state index contributed by atoms with van der Waals surface area (Å²) in [5.41, 5.74) is 3.73. The van der Waals surface area contributed by atoms with Gasteiger partial charge in [-0.1, -0.05) is 49.9 Å². The number of nitrogens with one attached hydrogen (secondary N) is 1. The average Bonchev–Trinajstić information content (AvgIpc) is 2.92. The van der Waals surface area contributed by atoms with Gasteiger partial charge in [-0.3, -0.25) is 4.68 Å². The summed E-state index contributed by atoms with van der Waals surface area (Å²) < 4.78 is 1.84. The third-order valence-corrected chi connectivity index (χ3v) is 5.79. The van der Waals surface area contributed by atoms with Gasteiger partial charge in [-0.15, -0.1) is 0 Å². The van der Waals surface area contributed by atoms with E-state index in [0.717, 1.165) is 12.8 Å². The molecular formula is C21H28N4O. The van der Waals surface area contributed by atoms with Crippen molar-refractivity contribution in [3.8, 4) is 0 Å². The van der Waals surface area contributed by atoms with Crippen molar-refractivity contribution in [2.45, 2.75) is 57.0 Å². The second-order valence-corrected chi connectivity index (χ2v) is 7.72. The van der Waals surface area contributed by atoms with Crippen LogP contribution in [0.4, 0.5) is 4.79 Å². The van der Waals surface area contributed by atoms with Gasteiger partial charge in [0.05, 0.1) is 6.20 Å². The van der Waals surface area contributed by atoms with Crippen molar-refractivity contribution in [3.63, 3.8) is 0 Å². The molecule has 1 unspecified atom stereocenters. The lowest BCUT2D eigenvalue weighted by Gasteiger charge is -2.35. The molecule has 2 heterocycles. The van der Waals surface area contributed by atoms with Crippen molar-refractivity contribution in [2.75, 3.05) is 6.54 Å². The average molecular weight is 352 g/mol. The lowest BCUT2D eigenvalue weighted by molar-refractivity contribution is 0.183. The maximum Gasteiger partial charge on any atom is 0.317 e. The maximum atomic E-state index is 13.0. The van der Waals surface area contributed by atoms with Crippen LogP contribution in [0.2, 0.25) is 0 Å². The van der Waals surface area contributed by atoms with E-state index in [4.69, 9.17) is 0 Å². The van der Waals surface area contributed by atoms with E-state index in [9.17, 15) is 4.79 Å². The number of carbonyl (C=O) groups excluding carboxylic acids is 1. The summed E-state index contributed by atoms with van der Waals surface area (Å²) in [7, 11) is 1.94. The third-order valence-electron chi connectivity index (χ3n) is 5.79. The Hall–Kier alpha value is -2.30. The maximum absolute atomic E-state index is 13.0. The number of fused-ring (bicyclic) bond motifs is 1. The van der Waals surface area contributed by atoms with Crippen LogP contribution in [-0.2, 0) is 13.6 Å². The van der Waals surface area contributed by atoms with Crippen molar-refractivity contribution in [1.29, 1.82) is 0 Å². The number of hydrogen-bond donors (Lipinski definition) is 1. The van der Waals surface area contributed by atoms with Crippen molar-refractivity contribution >= 4 is 6.03 Å². The van der Waals surface area contributed by atoms with Crippen LogP contribution in [0.5, 0.6) is 0 Å². The molecule has 138 valence electrons. The van der Waals surface area contributed by atoms with Gasteiger partial charge < -0.3 is 10.2 Å². The number of hydrogen-bond acceptors (Lipinski definition) is 2. The molecule has 1 atom stereocenters. The number of urea groups is 1. The van der Waals surface area contributed by atoms with Crippen molar-refractivity contribution < 1.29 is 4.79 Å². The fourth-order valence-corrected chi connectivity index (χ4v) is 4.36. The molecule has 1 saturated carbocycles. The molecule has 0 spiro atoms. The van der Waals surface area contributed by atoms with Gasteiger partial charge in [-0.05, 0) is 29.5 Å². The molecule has 0 saturated heterocycles. The summed E-state index contributed by atoms with van der Waals surface area (Å²) in [6.07, 6.45) is 11.3. The fraction of sp³-hybridized carbons (Fsp3) is 0.524. The van der Waals surface area contributed by atoms with Crippen LogP contribution < -0.4 is 5.32 Å². The first-order valence-electron chi connectivity index (χ1n) is 9.82. The fourth-order valence-electron chi connectivity index (χ4n) is 4.36. The minimum Gasteiger partial charge on any atom is -0.335 e.